The van der Waals surface area contributed by atoms with Crippen LogP contribution in [0.4, 0.5) is 0 Å². The molecule has 0 radical (unpaired) electrons. The van der Waals surface area contributed by atoms with Crippen molar-refractivity contribution in [2.75, 3.05) is 13.1 Å². The minimum atomic E-state index is 0.160. The zero-order valence-corrected chi connectivity index (χ0v) is 9.62. The lowest BCUT2D eigenvalue weighted by molar-refractivity contribution is -0.122. The van der Waals surface area contributed by atoms with Gasteiger partial charge in [-0.25, -0.2) is 0 Å². The number of nitrogens with one attached hydrogen (secondary N) is 2. The number of benzene rings is 1. The van der Waals surface area contributed by atoms with E-state index in [0.717, 1.165) is 13.1 Å². The Hall–Kier alpha value is -1.35. The highest BCUT2D eigenvalue weighted by Gasteiger charge is 2.19. The van der Waals surface area contributed by atoms with Crippen LogP contribution in [0, 0.1) is 12.8 Å². The molecule has 0 aliphatic carbocycles. The van der Waals surface area contributed by atoms with Crippen molar-refractivity contribution >= 4 is 5.91 Å². The molecule has 1 aromatic carbocycles. The first kappa shape index (κ1) is 11.1. The Morgan fingerprint density at radius 2 is 2.31 bits per heavy atom. The fraction of sp³-hybridized carbons (Fsp3) is 0.462. The van der Waals surface area contributed by atoms with Crippen LogP contribution in [-0.2, 0) is 11.3 Å². The predicted octanol–water partition coefficient (Wildman–Crippen LogP) is 1.22. The monoisotopic (exact) mass is 218 g/mol. The van der Waals surface area contributed by atoms with Crippen LogP contribution in [0.3, 0.4) is 0 Å². The van der Waals surface area contributed by atoms with Gasteiger partial charge in [0.05, 0.1) is 0 Å². The highest BCUT2D eigenvalue weighted by molar-refractivity contribution is 5.76. The Bertz CT molecular complexity index is 372. The molecule has 2 rings (SSSR count). The van der Waals surface area contributed by atoms with E-state index in [-0.39, 0.29) is 5.91 Å². The van der Waals surface area contributed by atoms with E-state index >= 15 is 0 Å². The Balaban J connectivity index is 1.75. The van der Waals surface area contributed by atoms with Gasteiger partial charge in [0.1, 0.15) is 0 Å². The Labute approximate surface area is 96.2 Å². The lowest BCUT2D eigenvalue weighted by Crippen LogP contribution is -2.44. The molecular formula is C13H18N2O. The van der Waals surface area contributed by atoms with Crippen molar-refractivity contribution in [2.45, 2.75) is 19.9 Å². The second kappa shape index (κ2) is 5.12. The van der Waals surface area contributed by atoms with E-state index in [1.54, 1.807) is 0 Å². The number of hydrogen-bond donors (Lipinski definition) is 2. The van der Waals surface area contributed by atoms with Crippen LogP contribution in [0.5, 0.6) is 0 Å². The summed E-state index contributed by atoms with van der Waals surface area (Å²) in [4.78, 5) is 11.6. The van der Waals surface area contributed by atoms with Crippen molar-refractivity contribution in [3.05, 3.63) is 35.4 Å². The van der Waals surface area contributed by atoms with Gasteiger partial charge in [-0.1, -0.05) is 29.8 Å². The summed E-state index contributed by atoms with van der Waals surface area (Å²) >= 11 is 0. The molecule has 0 saturated carbocycles. The molecule has 2 N–H and O–H groups in total. The highest BCUT2D eigenvalue weighted by Crippen LogP contribution is 2.08. The molecule has 1 aromatic rings. The van der Waals surface area contributed by atoms with Gasteiger partial charge in [-0.15, -0.1) is 0 Å². The maximum Gasteiger partial charge on any atom is 0.220 e. The van der Waals surface area contributed by atoms with Crippen LogP contribution < -0.4 is 10.6 Å². The molecule has 0 aromatic heterocycles. The Kier molecular flexibility index (Phi) is 3.57. The molecule has 1 saturated heterocycles. The van der Waals surface area contributed by atoms with Gasteiger partial charge < -0.3 is 10.6 Å². The van der Waals surface area contributed by atoms with Gasteiger partial charge in [0.15, 0.2) is 0 Å². The van der Waals surface area contributed by atoms with Crippen molar-refractivity contribution in [1.82, 2.24) is 10.6 Å². The maximum atomic E-state index is 11.6. The summed E-state index contributed by atoms with van der Waals surface area (Å²) in [7, 11) is 0. The molecular weight excluding hydrogens is 200 g/mol. The molecule has 1 amide bonds. The summed E-state index contributed by atoms with van der Waals surface area (Å²) in [6, 6.07) is 8.22. The zero-order chi connectivity index (χ0) is 11.4. The quantitative estimate of drug-likeness (QED) is 0.798. The van der Waals surface area contributed by atoms with Crippen molar-refractivity contribution in [3.8, 4) is 0 Å². The van der Waals surface area contributed by atoms with Crippen LogP contribution in [-0.4, -0.2) is 19.0 Å². The molecule has 0 unspecified atom stereocenters. The third kappa shape index (κ3) is 3.07. The van der Waals surface area contributed by atoms with E-state index < -0.39 is 0 Å². The second-order valence-corrected chi connectivity index (χ2v) is 4.49. The molecule has 1 aliphatic heterocycles. The number of carbonyl (C=O) groups is 1. The van der Waals surface area contributed by atoms with E-state index in [4.69, 9.17) is 0 Å². The first-order valence-electron chi connectivity index (χ1n) is 5.77. The lowest BCUT2D eigenvalue weighted by Gasteiger charge is -2.26. The standard InChI is InChI=1S/C13H18N2O/c1-10-3-2-4-11(5-10)9-15-13(16)6-12-7-14-8-12/h2-5,12,14H,6-9H2,1H3,(H,15,16). The lowest BCUT2D eigenvalue weighted by atomic mass is 9.99. The molecule has 3 nitrogen and oxygen atoms in total. The van der Waals surface area contributed by atoms with Gasteiger partial charge in [-0.3, -0.25) is 4.79 Å². The summed E-state index contributed by atoms with van der Waals surface area (Å²) in [5.41, 5.74) is 2.40. The first-order valence-corrected chi connectivity index (χ1v) is 5.77. The largest absolute Gasteiger partial charge is 0.352 e. The third-order valence-corrected chi connectivity index (χ3v) is 2.91. The van der Waals surface area contributed by atoms with Crippen LogP contribution in [0.15, 0.2) is 24.3 Å². The minimum Gasteiger partial charge on any atom is -0.352 e. The van der Waals surface area contributed by atoms with E-state index in [2.05, 4.69) is 29.7 Å². The van der Waals surface area contributed by atoms with Crippen LogP contribution in [0.2, 0.25) is 0 Å². The number of hydrogen-bond acceptors (Lipinski definition) is 2. The molecule has 86 valence electrons. The normalized spacial score (nSPS) is 15.6. The van der Waals surface area contributed by atoms with Gasteiger partial charge in [0.25, 0.3) is 0 Å². The summed E-state index contributed by atoms with van der Waals surface area (Å²) in [6.45, 7) is 4.67. The van der Waals surface area contributed by atoms with Crippen molar-refractivity contribution in [2.24, 2.45) is 5.92 Å². The van der Waals surface area contributed by atoms with Crippen LogP contribution >= 0.6 is 0 Å². The Morgan fingerprint density at radius 3 is 2.94 bits per heavy atom. The number of aryl methyl sites for hydroxylation is 1. The summed E-state index contributed by atoms with van der Waals surface area (Å²) < 4.78 is 0. The van der Waals surface area contributed by atoms with Gasteiger partial charge in [0.2, 0.25) is 5.91 Å². The summed E-state index contributed by atoms with van der Waals surface area (Å²) in [5, 5.41) is 6.13. The minimum absolute atomic E-state index is 0.160. The zero-order valence-electron chi connectivity index (χ0n) is 9.62. The Morgan fingerprint density at radius 1 is 1.50 bits per heavy atom. The van der Waals surface area contributed by atoms with E-state index in [1.165, 1.54) is 11.1 Å². The molecule has 1 aliphatic rings. The second-order valence-electron chi connectivity index (χ2n) is 4.49. The molecule has 0 bridgehead atoms. The molecule has 0 spiro atoms. The number of amides is 1. The number of carbonyl (C=O) groups excluding carboxylic acids is 1. The van der Waals surface area contributed by atoms with Crippen LogP contribution in [0.1, 0.15) is 17.5 Å². The van der Waals surface area contributed by atoms with Crippen molar-refractivity contribution in [1.29, 1.82) is 0 Å². The number of rotatable bonds is 4. The fourth-order valence-electron chi connectivity index (χ4n) is 1.85. The predicted molar refractivity (Wildman–Crippen MR) is 64.0 cm³/mol. The van der Waals surface area contributed by atoms with Crippen LogP contribution in [0.25, 0.3) is 0 Å². The summed E-state index contributed by atoms with van der Waals surface area (Å²) in [5.74, 6) is 0.700. The van der Waals surface area contributed by atoms with Gasteiger partial charge >= 0.3 is 0 Å². The molecule has 0 atom stereocenters. The van der Waals surface area contributed by atoms with E-state index in [9.17, 15) is 4.79 Å². The molecule has 1 heterocycles. The van der Waals surface area contributed by atoms with Crippen molar-refractivity contribution < 1.29 is 4.79 Å². The highest BCUT2D eigenvalue weighted by atomic mass is 16.1. The van der Waals surface area contributed by atoms with Gasteiger partial charge in [-0.05, 0) is 31.5 Å². The fourth-order valence-corrected chi connectivity index (χ4v) is 1.85. The molecule has 16 heavy (non-hydrogen) atoms. The summed E-state index contributed by atoms with van der Waals surface area (Å²) in [6.07, 6.45) is 0.652. The average molecular weight is 218 g/mol. The van der Waals surface area contributed by atoms with E-state index in [1.807, 2.05) is 12.1 Å². The third-order valence-electron chi connectivity index (χ3n) is 2.91. The van der Waals surface area contributed by atoms with Gasteiger partial charge in [-0.2, -0.15) is 0 Å². The molecule has 3 heteroatoms. The smallest absolute Gasteiger partial charge is 0.220 e. The maximum absolute atomic E-state index is 11.6. The van der Waals surface area contributed by atoms with Gasteiger partial charge in [0, 0.05) is 13.0 Å². The van der Waals surface area contributed by atoms with E-state index in [0.29, 0.717) is 18.9 Å². The SMILES string of the molecule is Cc1cccc(CNC(=O)CC2CNC2)c1. The molecule has 1 fully saturated rings. The topological polar surface area (TPSA) is 41.1 Å². The first-order chi connectivity index (χ1) is 7.74. The van der Waals surface area contributed by atoms with Crippen molar-refractivity contribution in [3.63, 3.8) is 0 Å². The average Bonchev–Trinajstić information content (AvgIpc) is 2.21.